The topological polar surface area (TPSA) is 105 Å². The highest BCUT2D eigenvalue weighted by Crippen LogP contribution is 2.14. The van der Waals surface area contributed by atoms with Crippen LogP contribution in [0.25, 0.3) is 0 Å². The fourth-order valence-electron chi connectivity index (χ4n) is 1.37. The molecule has 0 aliphatic carbocycles. The van der Waals surface area contributed by atoms with Gasteiger partial charge in [0.25, 0.3) is 0 Å². The fraction of sp³-hybridized carbons (Fsp3) is 0.364. The summed E-state index contributed by atoms with van der Waals surface area (Å²) in [6.07, 6.45) is 0. The number of hydrogen-bond acceptors (Lipinski definition) is 6. The second kappa shape index (κ2) is 6.50. The molecule has 1 atom stereocenters. The second-order valence-electron chi connectivity index (χ2n) is 3.63. The monoisotopic (exact) mass is 288 g/mol. The highest BCUT2D eigenvalue weighted by atomic mass is 32.2. The van der Waals surface area contributed by atoms with Gasteiger partial charge in [-0.15, -0.1) is 0 Å². The van der Waals surface area contributed by atoms with Crippen molar-refractivity contribution in [2.24, 2.45) is 0 Å². The Balaban J connectivity index is 2.85. The maximum atomic E-state index is 11.5. The van der Waals surface area contributed by atoms with Crippen LogP contribution in [0.3, 0.4) is 0 Å². The average molecular weight is 288 g/mol. The smallest absolute Gasteiger partial charge is 0.330 e. The Morgan fingerprint density at radius 3 is 2.37 bits per heavy atom. The summed E-state index contributed by atoms with van der Waals surface area (Å²) in [6, 6.07) is 4.88. The summed E-state index contributed by atoms with van der Waals surface area (Å²) in [5.74, 6) is -0.602. The molecular weight excluding hydrogens is 272 g/mol. The van der Waals surface area contributed by atoms with Crippen LogP contribution in [0, 0.1) is 0 Å². The van der Waals surface area contributed by atoms with E-state index < -0.39 is 28.6 Å². The molecule has 1 aromatic rings. The third-order valence-corrected chi connectivity index (χ3v) is 3.87. The standard InChI is InChI=1S/C11H16N2O5S/c1-12-19(16,17)9-5-3-8(4-6-9)13-10(7-14)11(15)18-2/h3-6,10,12-14H,7H2,1-2H3. The molecule has 3 N–H and O–H groups in total. The largest absolute Gasteiger partial charge is 0.467 e. The Kier molecular flexibility index (Phi) is 5.28. The number of ether oxygens (including phenoxy) is 1. The van der Waals surface area contributed by atoms with Crippen molar-refractivity contribution in [3.63, 3.8) is 0 Å². The first-order valence-corrected chi connectivity index (χ1v) is 6.91. The molecule has 1 unspecified atom stereocenters. The van der Waals surface area contributed by atoms with Gasteiger partial charge in [-0.3, -0.25) is 0 Å². The number of anilines is 1. The number of aliphatic hydroxyl groups is 1. The first-order valence-electron chi connectivity index (χ1n) is 5.43. The Labute approximate surface area is 111 Å². The highest BCUT2D eigenvalue weighted by molar-refractivity contribution is 7.89. The Bertz CT molecular complexity index is 527. The van der Waals surface area contributed by atoms with E-state index in [9.17, 15) is 13.2 Å². The molecule has 1 rings (SSSR count). The van der Waals surface area contributed by atoms with Crippen LogP contribution in [0.4, 0.5) is 5.69 Å². The molecule has 0 bridgehead atoms. The van der Waals surface area contributed by atoms with Gasteiger partial charge < -0.3 is 15.2 Å². The number of rotatable bonds is 6. The minimum atomic E-state index is -3.49. The van der Waals surface area contributed by atoms with E-state index in [1.807, 2.05) is 0 Å². The Morgan fingerprint density at radius 2 is 1.95 bits per heavy atom. The number of carbonyl (C=O) groups is 1. The van der Waals surface area contributed by atoms with Crippen LogP contribution in [0.1, 0.15) is 0 Å². The van der Waals surface area contributed by atoms with Crippen molar-refractivity contribution in [3.05, 3.63) is 24.3 Å². The second-order valence-corrected chi connectivity index (χ2v) is 5.52. The maximum absolute atomic E-state index is 11.5. The molecule has 0 radical (unpaired) electrons. The summed E-state index contributed by atoms with van der Waals surface area (Å²) < 4.78 is 29.7. The van der Waals surface area contributed by atoms with Gasteiger partial charge in [-0.05, 0) is 31.3 Å². The lowest BCUT2D eigenvalue weighted by Gasteiger charge is -2.15. The molecule has 7 nitrogen and oxygen atoms in total. The predicted octanol–water partition coefficient (Wildman–Crippen LogP) is -0.459. The Hall–Kier alpha value is -1.64. The van der Waals surface area contributed by atoms with E-state index in [-0.39, 0.29) is 4.90 Å². The van der Waals surface area contributed by atoms with Crippen molar-refractivity contribution in [2.75, 3.05) is 26.1 Å². The predicted molar refractivity (Wildman–Crippen MR) is 69.2 cm³/mol. The van der Waals surface area contributed by atoms with E-state index in [1.165, 1.54) is 38.4 Å². The first kappa shape index (κ1) is 15.4. The van der Waals surface area contributed by atoms with Crippen molar-refractivity contribution < 1.29 is 23.1 Å². The zero-order valence-corrected chi connectivity index (χ0v) is 11.4. The molecule has 0 aromatic heterocycles. The van der Waals surface area contributed by atoms with Gasteiger partial charge >= 0.3 is 5.97 Å². The zero-order valence-electron chi connectivity index (χ0n) is 10.6. The summed E-state index contributed by atoms with van der Waals surface area (Å²) in [5.41, 5.74) is 0.500. The van der Waals surface area contributed by atoms with Crippen LogP contribution in [0.2, 0.25) is 0 Å². The summed E-state index contributed by atoms with van der Waals surface area (Å²) in [6.45, 7) is -0.427. The molecule has 0 heterocycles. The minimum Gasteiger partial charge on any atom is -0.467 e. The van der Waals surface area contributed by atoms with E-state index in [0.717, 1.165) is 0 Å². The normalized spacial score (nSPS) is 12.8. The van der Waals surface area contributed by atoms with Crippen LogP contribution < -0.4 is 10.0 Å². The van der Waals surface area contributed by atoms with E-state index in [0.29, 0.717) is 5.69 Å². The molecule has 0 spiro atoms. The molecule has 1 aromatic carbocycles. The molecule has 8 heteroatoms. The first-order chi connectivity index (χ1) is 8.94. The van der Waals surface area contributed by atoms with Crippen LogP contribution in [0.5, 0.6) is 0 Å². The van der Waals surface area contributed by atoms with Crippen LogP contribution in [0.15, 0.2) is 29.2 Å². The number of hydrogen-bond donors (Lipinski definition) is 3. The van der Waals surface area contributed by atoms with E-state index in [2.05, 4.69) is 14.8 Å². The summed E-state index contributed by atoms with van der Waals surface area (Å²) in [4.78, 5) is 11.4. The van der Waals surface area contributed by atoms with Crippen molar-refractivity contribution in [3.8, 4) is 0 Å². The SMILES string of the molecule is CNS(=O)(=O)c1ccc(NC(CO)C(=O)OC)cc1. The number of benzene rings is 1. The van der Waals surface area contributed by atoms with Crippen LogP contribution >= 0.6 is 0 Å². The minimum absolute atomic E-state index is 0.110. The number of esters is 1. The van der Waals surface area contributed by atoms with Gasteiger partial charge in [0, 0.05) is 5.69 Å². The summed E-state index contributed by atoms with van der Waals surface area (Å²) in [5, 5.41) is 11.8. The molecule has 0 fully saturated rings. The van der Waals surface area contributed by atoms with Gasteiger partial charge in [-0.25, -0.2) is 17.9 Å². The molecule has 0 saturated heterocycles. The molecular formula is C11H16N2O5S. The summed E-state index contributed by atoms with van der Waals surface area (Å²) >= 11 is 0. The number of sulfonamides is 1. The Morgan fingerprint density at radius 1 is 1.37 bits per heavy atom. The zero-order chi connectivity index (χ0) is 14.5. The average Bonchev–Trinajstić information content (AvgIpc) is 2.44. The van der Waals surface area contributed by atoms with Crippen molar-refractivity contribution in [1.29, 1.82) is 0 Å². The van der Waals surface area contributed by atoms with Gasteiger partial charge in [0.05, 0.1) is 18.6 Å². The maximum Gasteiger partial charge on any atom is 0.330 e. The van der Waals surface area contributed by atoms with Gasteiger partial charge in [-0.1, -0.05) is 0 Å². The lowest BCUT2D eigenvalue weighted by molar-refractivity contribution is -0.142. The molecule has 0 aliphatic heterocycles. The van der Waals surface area contributed by atoms with Gasteiger partial charge in [-0.2, -0.15) is 0 Å². The fourth-order valence-corrected chi connectivity index (χ4v) is 2.10. The number of aliphatic hydroxyl groups excluding tert-OH is 1. The van der Waals surface area contributed by atoms with E-state index in [4.69, 9.17) is 5.11 Å². The van der Waals surface area contributed by atoms with Crippen molar-refractivity contribution in [2.45, 2.75) is 10.9 Å². The molecule has 106 valence electrons. The van der Waals surface area contributed by atoms with Crippen LogP contribution in [-0.2, 0) is 19.6 Å². The van der Waals surface area contributed by atoms with Crippen molar-refractivity contribution in [1.82, 2.24) is 4.72 Å². The van der Waals surface area contributed by atoms with Gasteiger partial charge in [0.1, 0.15) is 6.04 Å². The molecule has 0 amide bonds. The molecule has 0 aliphatic rings. The van der Waals surface area contributed by atoms with E-state index in [1.54, 1.807) is 0 Å². The number of methoxy groups -OCH3 is 1. The third kappa shape index (κ3) is 3.91. The number of nitrogens with one attached hydrogen (secondary N) is 2. The lowest BCUT2D eigenvalue weighted by Crippen LogP contribution is -2.34. The highest BCUT2D eigenvalue weighted by Gasteiger charge is 2.18. The van der Waals surface area contributed by atoms with E-state index >= 15 is 0 Å². The van der Waals surface area contributed by atoms with Gasteiger partial charge in [0.15, 0.2) is 0 Å². The summed E-state index contributed by atoms with van der Waals surface area (Å²) in [7, 11) is -0.951. The molecule has 0 saturated carbocycles. The lowest BCUT2D eigenvalue weighted by atomic mass is 10.2. The van der Waals surface area contributed by atoms with Crippen LogP contribution in [-0.4, -0.2) is 46.3 Å². The quantitative estimate of drug-likeness (QED) is 0.612. The molecule has 19 heavy (non-hydrogen) atoms. The van der Waals surface area contributed by atoms with Gasteiger partial charge in [0.2, 0.25) is 10.0 Å². The third-order valence-electron chi connectivity index (χ3n) is 2.44. The van der Waals surface area contributed by atoms with Crippen molar-refractivity contribution >= 4 is 21.7 Å². The number of carbonyl (C=O) groups excluding carboxylic acids is 1.